The van der Waals surface area contributed by atoms with E-state index in [-0.39, 0.29) is 23.3 Å². The lowest BCUT2D eigenvalue weighted by Crippen LogP contribution is -2.48. The van der Waals surface area contributed by atoms with Crippen LogP contribution < -0.4 is 9.47 Å². The highest BCUT2D eigenvalue weighted by molar-refractivity contribution is 7.89. The summed E-state index contributed by atoms with van der Waals surface area (Å²) in [5.74, 6) is 1.33. The number of rotatable bonds is 5. The van der Waals surface area contributed by atoms with Crippen molar-refractivity contribution < 1.29 is 22.7 Å². The number of piperidine rings is 2. The van der Waals surface area contributed by atoms with Gasteiger partial charge in [0.25, 0.3) is 0 Å². The van der Waals surface area contributed by atoms with Crippen molar-refractivity contribution in [3.05, 3.63) is 18.2 Å². The Kier molecular flexibility index (Phi) is 6.50. The van der Waals surface area contributed by atoms with E-state index in [1.54, 1.807) is 6.07 Å². The van der Waals surface area contributed by atoms with Gasteiger partial charge in [-0.3, -0.25) is 4.79 Å². The van der Waals surface area contributed by atoms with E-state index < -0.39 is 10.0 Å². The highest BCUT2D eigenvalue weighted by Crippen LogP contribution is 2.32. The van der Waals surface area contributed by atoms with E-state index in [9.17, 15) is 13.2 Å². The smallest absolute Gasteiger partial charge is 0.243 e. The first kappa shape index (κ1) is 20.9. The summed E-state index contributed by atoms with van der Waals surface area (Å²) in [4.78, 5) is 15.0. The summed E-state index contributed by atoms with van der Waals surface area (Å²) >= 11 is 0. The molecule has 0 aliphatic carbocycles. The Morgan fingerprint density at radius 2 is 1.71 bits per heavy atom. The van der Waals surface area contributed by atoms with Crippen LogP contribution in [0, 0.1) is 11.8 Å². The quantitative estimate of drug-likeness (QED) is 0.745. The van der Waals surface area contributed by atoms with Crippen molar-refractivity contribution in [2.24, 2.45) is 11.8 Å². The van der Waals surface area contributed by atoms with Crippen molar-refractivity contribution in [3.8, 4) is 11.5 Å². The molecule has 156 valence electrons. The second kappa shape index (κ2) is 8.69. The second-order valence-electron chi connectivity index (χ2n) is 7.73. The van der Waals surface area contributed by atoms with Crippen molar-refractivity contribution in [1.82, 2.24) is 9.21 Å². The number of methoxy groups -OCH3 is 2. The highest BCUT2D eigenvalue weighted by Gasteiger charge is 2.36. The van der Waals surface area contributed by atoms with Gasteiger partial charge in [0, 0.05) is 32.2 Å². The lowest BCUT2D eigenvalue weighted by atomic mass is 9.94. The number of hydrogen-bond acceptors (Lipinski definition) is 5. The normalized spacial score (nSPS) is 22.1. The monoisotopic (exact) mass is 410 g/mol. The van der Waals surface area contributed by atoms with E-state index in [0.717, 1.165) is 32.4 Å². The topological polar surface area (TPSA) is 76.2 Å². The summed E-state index contributed by atoms with van der Waals surface area (Å²) in [5.41, 5.74) is 0. The van der Waals surface area contributed by atoms with Crippen molar-refractivity contribution in [2.75, 3.05) is 40.4 Å². The fraction of sp³-hybridized carbons (Fsp3) is 0.650. The minimum atomic E-state index is -3.70. The van der Waals surface area contributed by atoms with Crippen LogP contribution in [0.2, 0.25) is 0 Å². The maximum absolute atomic E-state index is 13.1. The summed E-state index contributed by atoms with van der Waals surface area (Å²) in [6.45, 7) is 4.43. The van der Waals surface area contributed by atoms with Crippen LogP contribution in [-0.4, -0.2) is 63.9 Å². The van der Waals surface area contributed by atoms with Gasteiger partial charge in [0.2, 0.25) is 15.9 Å². The van der Waals surface area contributed by atoms with Crippen LogP contribution in [0.1, 0.15) is 32.6 Å². The first-order valence-electron chi connectivity index (χ1n) is 9.87. The third-order valence-corrected chi connectivity index (χ3v) is 7.68. The molecule has 0 aromatic heterocycles. The average molecular weight is 411 g/mol. The predicted molar refractivity (Wildman–Crippen MR) is 106 cm³/mol. The minimum absolute atomic E-state index is 0.0964. The number of amides is 1. The maximum atomic E-state index is 13.1. The fourth-order valence-corrected chi connectivity index (χ4v) is 5.52. The summed E-state index contributed by atoms with van der Waals surface area (Å²) in [7, 11) is -0.715. The number of carbonyl (C=O) groups excluding carboxylic acids is 1. The van der Waals surface area contributed by atoms with E-state index in [1.807, 2.05) is 4.90 Å². The molecule has 1 aromatic carbocycles. The Morgan fingerprint density at radius 3 is 2.36 bits per heavy atom. The zero-order valence-electron chi connectivity index (χ0n) is 16.9. The highest BCUT2D eigenvalue weighted by atomic mass is 32.2. The van der Waals surface area contributed by atoms with Crippen LogP contribution in [0.15, 0.2) is 23.1 Å². The van der Waals surface area contributed by atoms with Gasteiger partial charge >= 0.3 is 0 Å². The third kappa shape index (κ3) is 4.27. The Hall–Kier alpha value is -1.80. The molecule has 2 saturated heterocycles. The van der Waals surface area contributed by atoms with E-state index in [0.29, 0.717) is 30.4 Å². The molecule has 0 saturated carbocycles. The number of hydrogen-bond donors (Lipinski definition) is 0. The summed E-state index contributed by atoms with van der Waals surface area (Å²) < 4.78 is 38.2. The molecule has 2 aliphatic rings. The van der Waals surface area contributed by atoms with Crippen LogP contribution in [0.3, 0.4) is 0 Å². The molecule has 2 fully saturated rings. The van der Waals surface area contributed by atoms with E-state index in [1.165, 1.54) is 30.7 Å². The largest absolute Gasteiger partial charge is 0.493 e. The Bertz CT molecular complexity index is 803. The van der Waals surface area contributed by atoms with Crippen molar-refractivity contribution in [1.29, 1.82) is 0 Å². The van der Waals surface area contributed by atoms with Gasteiger partial charge in [0.1, 0.15) is 0 Å². The molecule has 0 radical (unpaired) electrons. The average Bonchev–Trinajstić information content (AvgIpc) is 2.73. The Morgan fingerprint density at radius 1 is 1.04 bits per heavy atom. The molecular formula is C20H30N2O5S. The number of carbonyl (C=O) groups is 1. The molecule has 0 bridgehead atoms. The van der Waals surface area contributed by atoms with Gasteiger partial charge < -0.3 is 14.4 Å². The van der Waals surface area contributed by atoms with Gasteiger partial charge in [0.05, 0.1) is 25.0 Å². The zero-order valence-corrected chi connectivity index (χ0v) is 17.7. The first-order valence-corrected chi connectivity index (χ1v) is 11.3. The predicted octanol–water partition coefficient (Wildman–Crippen LogP) is 2.36. The zero-order chi connectivity index (χ0) is 20.3. The molecule has 28 heavy (non-hydrogen) atoms. The van der Waals surface area contributed by atoms with Gasteiger partial charge in [0.15, 0.2) is 11.5 Å². The maximum Gasteiger partial charge on any atom is 0.243 e. The van der Waals surface area contributed by atoms with Crippen molar-refractivity contribution in [3.63, 3.8) is 0 Å². The van der Waals surface area contributed by atoms with Gasteiger partial charge in [-0.15, -0.1) is 0 Å². The second-order valence-corrected chi connectivity index (χ2v) is 9.66. The fourth-order valence-electron chi connectivity index (χ4n) is 3.98. The van der Waals surface area contributed by atoms with Crippen LogP contribution >= 0.6 is 0 Å². The molecule has 7 nitrogen and oxygen atoms in total. The molecule has 0 spiro atoms. The Labute approximate surface area is 167 Å². The lowest BCUT2D eigenvalue weighted by Gasteiger charge is -2.37. The van der Waals surface area contributed by atoms with Crippen molar-refractivity contribution >= 4 is 15.9 Å². The summed E-state index contributed by atoms with van der Waals surface area (Å²) in [6.07, 6.45) is 3.47. The van der Waals surface area contributed by atoms with E-state index in [4.69, 9.17) is 9.47 Å². The van der Waals surface area contributed by atoms with Crippen LogP contribution in [0.5, 0.6) is 11.5 Å². The number of sulfonamides is 1. The van der Waals surface area contributed by atoms with Crippen LogP contribution in [-0.2, 0) is 14.8 Å². The molecule has 1 amide bonds. The molecule has 1 aromatic rings. The van der Waals surface area contributed by atoms with Gasteiger partial charge in [-0.1, -0.05) is 6.92 Å². The molecule has 0 unspecified atom stereocenters. The summed E-state index contributed by atoms with van der Waals surface area (Å²) in [5, 5.41) is 0. The molecule has 2 heterocycles. The molecule has 3 rings (SSSR count). The van der Waals surface area contributed by atoms with E-state index in [2.05, 4.69) is 6.92 Å². The van der Waals surface area contributed by atoms with Gasteiger partial charge in [-0.05, 0) is 43.7 Å². The number of ether oxygens (including phenoxy) is 2. The molecular weight excluding hydrogens is 380 g/mol. The van der Waals surface area contributed by atoms with Gasteiger partial charge in [-0.2, -0.15) is 4.31 Å². The molecule has 2 aliphatic heterocycles. The lowest BCUT2D eigenvalue weighted by molar-refractivity contribution is -0.138. The summed E-state index contributed by atoms with van der Waals surface area (Å²) in [6, 6.07) is 4.59. The number of benzene rings is 1. The number of likely N-dealkylation sites (tertiary alicyclic amines) is 1. The SMILES string of the molecule is COc1ccc(S(=O)(=O)N2CCC[C@H](C(=O)N3CCC(C)CC3)C2)cc1OC. The first-order chi connectivity index (χ1) is 13.4. The molecule has 1 atom stereocenters. The number of nitrogens with zero attached hydrogens (tertiary/aromatic N) is 2. The Balaban J connectivity index is 1.75. The van der Waals surface area contributed by atoms with Crippen LogP contribution in [0.25, 0.3) is 0 Å². The van der Waals surface area contributed by atoms with Crippen molar-refractivity contribution in [2.45, 2.75) is 37.5 Å². The van der Waals surface area contributed by atoms with E-state index >= 15 is 0 Å². The van der Waals surface area contributed by atoms with Crippen LogP contribution in [0.4, 0.5) is 0 Å². The third-order valence-electron chi connectivity index (χ3n) is 5.82. The molecule has 0 N–H and O–H groups in total. The standard InChI is InChI=1S/C20H30N2O5S/c1-15-8-11-21(12-9-15)20(23)16-5-4-10-22(14-16)28(24,25)17-6-7-18(26-2)19(13-17)27-3/h6-7,13,15-16H,4-5,8-12,14H2,1-3H3/t16-/m0/s1. The molecule has 8 heteroatoms. The van der Waals surface area contributed by atoms with Gasteiger partial charge in [-0.25, -0.2) is 8.42 Å². The minimum Gasteiger partial charge on any atom is -0.493 e.